The van der Waals surface area contributed by atoms with E-state index in [0.29, 0.717) is 39.0 Å². The van der Waals surface area contributed by atoms with E-state index in [9.17, 15) is 14.0 Å². The fourth-order valence-corrected chi connectivity index (χ4v) is 3.09. The van der Waals surface area contributed by atoms with E-state index in [1.165, 1.54) is 6.07 Å². The van der Waals surface area contributed by atoms with Crippen molar-refractivity contribution >= 4 is 11.9 Å². The summed E-state index contributed by atoms with van der Waals surface area (Å²) in [6.45, 7) is 1.99. The second kappa shape index (κ2) is 8.35. The predicted octanol–water partition coefficient (Wildman–Crippen LogP) is 1.24. The van der Waals surface area contributed by atoms with Crippen LogP contribution in [0.15, 0.2) is 24.3 Å². The van der Waals surface area contributed by atoms with Gasteiger partial charge in [0.1, 0.15) is 12.7 Å². The average molecular weight is 365 g/mol. The van der Waals surface area contributed by atoms with Crippen LogP contribution in [0.25, 0.3) is 0 Å². The molecule has 26 heavy (non-hydrogen) atoms. The second-order valence-electron chi connectivity index (χ2n) is 6.63. The molecule has 0 saturated carbocycles. The number of carbonyl (C=O) groups excluding carboxylic acids is 2. The average Bonchev–Trinajstić information content (AvgIpc) is 2.65. The number of morpholine rings is 1. The number of amides is 3. The third kappa shape index (κ3) is 4.63. The smallest absolute Gasteiger partial charge is 0.317 e. The first-order valence-electron chi connectivity index (χ1n) is 8.82. The summed E-state index contributed by atoms with van der Waals surface area (Å²) in [4.78, 5) is 27.0. The number of rotatable bonds is 4. The van der Waals surface area contributed by atoms with E-state index in [1.54, 1.807) is 35.0 Å². The highest BCUT2D eigenvalue weighted by molar-refractivity contribution is 5.78. The lowest BCUT2D eigenvalue weighted by molar-refractivity contribution is -0.146. The van der Waals surface area contributed by atoms with Gasteiger partial charge in [-0.25, -0.2) is 9.18 Å². The van der Waals surface area contributed by atoms with Gasteiger partial charge in [-0.15, -0.1) is 0 Å². The first kappa shape index (κ1) is 18.4. The second-order valence-corrected chi connectivity index (χ2v) is 6.63. The van der Waals surface area contributed by atoms with Gasteiger partial charge in [0.05, 0.1) is 6.10 Å². The van der Waals surface area contributed by atoms with Crippen molar-refractivity contribution in [3.63, 3.8) is 0 Å². The molecule has 0 unspecified atom stereocenters. The van der Waals surface area contributed by atoms with Crippen LogP contribution in [0, 0.1) is 5.82 Å². The monoisotopic (exact) mass is 365 g/mol. The largest absolute Gasteiger partial charge is 0.487 e. The third-order valence-corrected chi connectivity index (χ3v) is 4.69. The summed E-state index contributed by atoms with van der Waals surface area (Å²) in [5.74, 6) is -0.170. The molecule has 2 saturated heterocycles. The number of halogens is 1. The lowest BCUT2D eigenvalue weighted by Crippen LogP contribution is -2.52. The number of nitrogens with zero attached hydrogens (tertiary/aromatic N) is 2. The maximum absolute atomic E-state index is 13.6. The molecule has 2 aliphatic heterocycles. The highest BCUT2D eigenvalue weighted by Crippen LogP contribution is 2.21. The summed E-state index contributed by atoms with van der Waals surface area (Å²) < 4.78 is 24.8. The maximum Gasteiger partial charge on any atom is 0.317 e. The first-order chi connectivity index (χ1) is 12.5. The van der Waals surface area contributed by atoms with Crippen molar-refractivity contribution in [1.82, 2.24) is 15.1 Å². The number of ether oxygens (including phenoxy) is 2. The van der Waals surface area contributed by atoms with Crippen LogP contribution in [-0.4, -0.2) is 73.8 Å². The van der Waals surface area contributed by atoms with Crippen molar-refractivity contribution in [3.8, 4) is 5.75 Å². The van der Waals surface area contributed by atoms with Gasteiger partial charge in [-0.05, 0) is 12.1 Å². The molecule has 1 N–H and O–H groups in total. The lowest BCUT2D eigenvalue weighted by atomic mass is 10.1. The van der Waals surface area contributed by atoms with E-state index in [1.807, 2.05) is 0 Å². The van der Waals surface area contributed by atoms with E-state index in [0.717, 1.165) is 0 Å². The number of piperidine rings is 1. The van der Waals surface area contributed by atoms with Gasteiger partial charge in [0.2, 0.25) is 5.91 Å². The lowest BCUT2D eigenvalue weighted by Gasteiger charge is -2.33. The molecule has 0 bridgehead atoms. The van der Waals surface area contributed by atoms with Gasteiger partial charge in [0.15, 0.2) is 11.6 Å². The number of likely N-dealkylation sites (tertiary alicyclic amines) is 1. The summed E-state index contributed by atoms with van der Waals surface area (Å²) in [7, 11) is 1.72. The summed E-state index contributed by atoms with van der Waals surface area (Å²) >= 11 is 0. The molecule has 2 fully saturated rings. The molecule has 7 nitrogen and oxygen atoms in total. The molecule has 3 amide bonds. The zero-order valence-electron chi connectivity index (χ0n) is 14.8. The predicted molar refractivity (Wildman–Crippen MR) is 92.4 cm³/mol. The minimum absolute atomic E-state index is 0.0514. The molecule has 0 aliphatic carbocycles. The van der Waals surface area contributed by atoms with Crippen molar-refractivity contribution in [1.29, 1.82) is 0 Å². The highest BCUT2D eigenvalue weighted by Gasteiger charge is 2.27. The van der Waals surface area contributed by atoms with Crippen molar-refractivity contribution in [3.05, 3.63) is 30.1 Å². The van der Waals surface area contributed by atoms with Gasteiger partial charge in [0.25, 0.3) is 0 Å². The van der Waals surface area contributed by atoms with Crippen LogP contribution < -0.4 is 10.1 Å². The van der Waals surface area contributed by atoms with E-state index in [-0.39, 0.29) is 42.3 Å². The normalized spacial score (nSPS) is 21.6. The summed E-state index contributed by atoms with van der Waals surface area (Å²) in [5.41, 5.74) is 0. The van der Waals surface area contributed by atoms with E-state index < -0.39 is 0 Å². The molecule has 1 atom stereocenters. The Kier molecular flexibility index (Phi) is 5.92. The van der Waals surface area contributed by atoms with Crippen LogP contribution in [-0.2, 0) is 9.53 Å². The van der Waals surface area contributed by atoms with E-state index >= 15 is 0 Å². The summed E-state index contributed by atoms with van der Waals surface area (Å²) in [5, 5.41) is 2.85. The minimum Gasteiger partial charge on any atom is -0.487 e. The molecule has 0 radical (unpaired) electrons. The van der Waals surface area contributed by atoms with Crippen molar-refractivity contribution in [2.75, 3.05) is 39.8 Å². The maximum atomic E-state index is 13.6. The van der Waals surface area contributed by atoms with Crippen molar-refractivity contribution < 1.29 is 23.5 Å². The zero-order chi connectivity index (χ0) is 18.5. The fourth-order valence-electron chi connectivity index (χ4n) is 3.09. The van der Waals surface area contributed by atoms with Crippen molar-refractivity contribution in [2.24, 2.45) is 0 Å². The van der Waals surface area contributed by atoms with Crippen LogP contribution >= 0.6 is 0 Å². The van der Waals surface area contributed by atoms with Crippen LogP contribution in [0.4, 0.5) is 9.18 Å². The number of nitrogens with one attached hydrogen (secondary N) is 1. The Labute approximate surface area is 152 Å². The molecule has 1 aromatic rings. The number of hydrogen-bond acceptors (Lipinski definition) is 4. The molecule has 2 heterocycles. The minimum atomic E-state index is -0.372. The molecular formula is C18H24FN3O4. The Morgan fingerprint density at radius 1 is 1.35 bits per heavy atom. The van der Waals surface area contributed by atoms with Gasteiger partial charge < -0.3 is 24.6 Å². The van der Waals surface area contributed by atoms with E-state index in [4.69, 9.17) is 9.47 Å². The van der Waals surface area contributed by atoms with Crippen LogP contribution in [0.2, 0.25) is 0 Å². The van der Waals surface area contributed by atoms with Gasteiger partial charge in [-0.1, -0.05) is 12.1 Å². The summed E-state index contributed by atoms with van der Waals surface area (Å²) in [6, 6.07) is 6.19. The fraction of sp³-hybridized carbons (Fsp3) is 0.556. The number of likely N-dealkylation sites (N-methyl/N-ethyl adjacent to an activating group) is 1. The van der Waals surface area contributed by atoms with Gasteiger partial charge in [-0.2, -0.15) is 0 Å². The Balaban J connectivity index is 1.39. The quantitative estimate of drug-likeness (QED) is 0.871. The molecule has 3 rings (SSSR count). The van der Waals surface area contributed by atoms with Gasteiger partial charge in [-0.3, -0.25) is 4.79 Å². The molecular weight excluding hydrogens is 341 g/mol. The SMILES string of the molecule is CN1C[C@@H](CNC(=O)N2CCC(Oc3ccccc3F)CC2)OCC1=O. The number of urea groups is 1. The Bertz CT molecular complexity index is 649. The number of para-hydroxylation sites is 1. The molecule has 142 valence electrons. The third-order valence-electron chi connectivity index (χ3n) is 4.69. The number of hydrogen-bond donors (Lipinski definition) is 1. The molecule has 2 aliphatic rings. The Morgan fingerprint density at radius 3 is 2.77 bits per heavy atom. The molecule has 0 aromatic heterocycles. The van der Waals surface area contributed by atoms with Gasteiger partial charge >= 0.3 is 6.03 Å². The first-order valence-corrected chi connectivity index (χ1v) is 8.82. The molecule has 1 aromatic carbocycles. The Hall–Kier alpha value is -2.35. The molecule has 0 spiro atoms. The topological polar surface area (TPSA) is 71.1 Å². The van der Waals surface area contributed by atoms with Crippen LogP contribution in [0.5, 0.6) is 5.75 Å². The standard InChI is InChI=1S/C18H24FN3O4/c1-21-11-14(25-12-17(21)23)10-20-18(24)22-8-6-13(7-9-22)26-16-5-3-2-4-15(16)19/h2-5,13-14H,6-12H2,1H3,(H,20,24)/t14-/m1/s1. The summed E-state index contributed by atoms with van der Waals surface area (Å²) in [6.07, 6.45) is 1.01. The van der Waals surface area contributed by atoms with Crippen molar-refractivity contribution in [2.45, 2.75) is 25.0 Å². The van der Waals surface area contributed by atoms with Crippen LogP contribution in [0.1, 0.15) is 12.8 Å². The Morgan fingerprint density at radius 2 is 2.08 bits per heavy atom. The zero-order valence-corrected chi connectivity index (χ0v) is 14.8. The molecule has 8 heteroatoms. The number of benzene rings is 1. The van der Waals surface area contributed by atoms with Gasteiger partial charge in [0, 0.05) is 46.1 Å². The number of carbonyl (C=O) groups is 2. The highest BCUT2D eigenvalue weighted by atomic mass is 19.1. The van der Waals surface area contributed by atoms with Crippen LogP contribution in [0.3, 0.4) is 0 Å². The van der Waals surface area contributed by atoms with E-state index in [2.05, 4.69) is 5.32 Å².